The Morgan fingerprint density at radius 3 is 2.34 bits per heavy atom. The topological polar surface area (TPSA) is 44.8 Å². The molecule has 2 aliphatic heterocycles. The number of carbonyl (C=O) groups excluding carboxylic acids is 1. The monoisotopic (exact) mass is 599 g/mol. The highest BCUT2D eigenvalue weighted by Crippen LogP contribution is 2.48. The van der Waals surface area contributed by atoms with Gasteiger partial charge in [-0.15, -0.1) is 0 Å². The molecule has 0 aliphatic carbocycles. The summed E-state index contributed by atoms with van der Waals surface area (Å²) in [6.45, 7) is 1.35. The molecule has 41 heavy (non-hydrogen) atoms. The molecule has 2 heterocycles. The van der Waals surface area contributed by atoms with Gasteiger partial charge in [-0.05, 0) is 68.9 Å². The number of nitrogens with zero attached hydrogens (tertiary/aromatic N) is 2. The van der Waals surface area contributed by atoms with Crippen LogP contribution in [-0.4, -0.2) is 61.6 Å². The lowest BCUT2D eigenvalue weighted by atomic mass is 9.99. The number of halogens is 6. The van der Waals surface area contributed by atoms with Gasteiger partial charge in [-0.1, -0.05) is 23.9 Å². The van der Waals surface area contributed by atoms with Crippen molar-refractivity contribution in [2.45, 2.75) is 53.5 Å². The Morgan fingerprint density at radius 2 is 1.73 bits per heavy atom. The largest absolute Gasteiger partial charge is 0.501 e. The number of benzene rings is 2. The standard InChI is InChI=1S/C29H31F6N3O2S/c1-37(2)22-10-14-38(15-11-22)25(39)9-7-19-6-8-24(27(29(33,34)35)26(19)28(30,31)32)41-23-5-3-4-21(18-23)36-20-12-16-40-17-13-20/h3-9,12,16,18,20,22,36H,10-11,13-15,17H2,1-2H3/b9-7+. The molecule has 0 spiro atoms. The van der Waals surface area contributed by atoms with Gasteiger partial charge in [-0.25, -0.2) is 0 Å². The summed E-state index contributed by atoms with van der Waals surface area (Å²) in [7, 11) is 3.86. The second-order valence-electron chi connectivity index (χ2n) is 10.1. The van der Waals surface area contributed by atoms with Crippen LogP contribution in [0.25, 0.3) is 6.08 Å². The predicted molar refractivity (Wildman–Crippen MR) is 146 cm³/mol. The lowest BCUT2D eigenvalue weighted by Gasteiger charge is -2.34. The van der Waals surface area contributed by atoms with Gasteiger partial charge in [0.1, 0.15) is 0 Å². The Labute approximate surface area is 239 Å². The molecule has 1 saturated heterocycles. The maximum atomic E-state index is 14.3. The number of rotatable bonds is 7. The van der Waals surface area contributed by atoms with E-state index >= 15 is 0 Å². The molecule has 1 atom stereocenters. The van der Waals surface area contributed by atoms with Crippen molar-refractivity contribution in [3.05, 3.63) is 71.5 Å². The molecule has 1 unspecified atom stereocenters. The van der Waals surface area contributed by atoms with Crippen LogP contribution >= 0.6 is 11.8 Å². The van der Waals surface area contributed by atoms with Crippen LogP contribution in [0.4, 0.5) is 32.0 Å². The van der Waals surface area contributed by atoms with Crippen molar-refractivity contribution in [3.63, 3.8) is 0 Å². The zero-order valence-electron chi connectivity index (χ0n) is 22.6. The first-order valence-corrected chi connectivity index (χ1v) is 13.9. The summed E-state index contributed by atoms with van der Waals surface area (Å²) in [4.78, 5) is 16.0. The van der Waals surface area contributed by atoms with Crippen molar-refractivity contribution in [2.24, 2.45) is 0 Å². The number of amides is 1. The summed E-state index contributed by atoms with van der Waals surface area (Å²) in [5, 5.41) is 3.23. The number of likely N-dealkylation sites (tertiary alicyclic amines) is 1. The SMILES string of the molecule is CN(C)C1CCN(C(=O)/C=C/c2ccc(Sc3cccc(NC4C=COCC4)c3)c(C(F)(F)F)c2C(F)(F)F)CC1. The molecule has 1 amide bonds. The lowest BCUT2D eigenvalue weighted by molar-refractivity contribution is -0.163. The molecule has 0 saturated carbocycles. The van der Waals surface area contributed by atoms with Crippen molar-refractivity contribution in [3.8, 4) is 0 Å². The zero-order valence-corrected chi connectivity index (χ0v) is 23.4. The van der Waals surface area contributed by atoms with E-state index in [4.69, 9.17) is 4.74 Å². The normalized spacial score (nSPS) is 18.7. The highest BCUT2D eigenvalue weighted by Gasteiger charge is 2.46. The number of anilines is 1. The third-order valence-electron chi connectivity index (χ3n) is 7.05. The van der Waals surface area contributed by atoms with Crippen LogP contribution in [0.2, 0.25) is 0 Å². The van der Waals surface area contributed by atoms with Crippen LogP contribution in [0.5, 0.6) is 0 Å². The van der Waals surface area contributed by atoms with Crippen LogP contribution in [0.15, 0.2) is 64.6 Å². The summed E-state index contributed by atoms with van der Waals surface area (Å²) >= 11 is 0.600. The van der Waals surface area contributed by atoms with E-state index in [9.17, 15) is 31.1 Å². The number of piperidine rings is 1. The molecule has 5 nitrogen and oxygen atoms in total. The molecular weight excluding hydrogens is 568 g/mol. The van der Waals surface area contributed by atoms with E-state index in [1.165, 1.54) is 11.0 Å². The van der Waals surface area contributed by atoms with Gasteiger partial charge in [-0.3, -0.25) is 4.79 Å². The summed E-state index contributed by atoms with van der Waals surface area (Å²) in [5.74, 6) is -0.536. The maximum absolute atomic E-state index is 14.3. The molecule has 2 aliphatic rings. The van der Waals surface area contributed by atoms with Gasteiger partial charge in [0.25, 0.3) is 0 Å². The minimum atomic E-state index is -5.31. The highest BCUT2D eigenvalue weighted by atomic mass is 32.2. The minimum Gasteiger partial charge on any atom is -0.501 e. The van der Waals surface area contributed by atoms with Gasteiger partial charge in [0, 0.05) is 47.1 Å². The number of ether oxygens (including phenoxy) is 1. The zero-order chi connectivity index (χ0) is 29.8. The van der Waals surface area contributed by atoms with Gasteiger partial charge >= 0.3 is 12.4 Å². The fourth-order valence-electron chi connectivity index (χ4n) is 4.90. The van der Waals surface area contributed by atoms with E-state index in [1.54, 1.807) is 24.5 Å². The van der Waals surface area contributed by atoms with E-state index in [2.05, 4.69) is 5.32 Å². The molecular formula is C29H31F6N3O2S. The first-order valence-electron chi connectivity index (χ1n) is 13.1. The smallest absolute Gasteiger partial charge is 0.418 e. The fourth-order valence-corrected chi connectivity index (χ4v) is 5.94. The molecule has 2 aromatic carbocycles. The summed E-state index contributed by atoms with van der Waals surface area (Å²) < 4.78 is 90.5. The number of hydrogen-bond acceptors (Lipinski definition) is 5. The van der Waals surface area contributed by atoms with E-state index in [1.807, 2.05) is 25.1 Å². The van der Waals surface area contributed by atoms with E-state index < -0.39 is 39.8 Å². The maximum Gasteiger partial charge on any atom is 0.418 e. The molecule has 1 fully saturated rings. The summed E-state index contributed by atoms with van der Waals surface area (Å²) in [6, 6.07) is 8.73. The average Bonchev–Trinajstić information content (AvgIpc) is 2.91. The van der Waals surface area contributed by atoms with E-state index in [-0.39, 0.29) is 12.1 Å². The van der Waals surface area contributed by atoms with Gasteiger partial charge in [0.15, 0.2) is 0 Å². The molecule has 1 N–H and O–H groups in total. The van der Waals surface area contributed by atoms with Crippen molar-refractivity contribution in [1.82, 2.24) is 9.80 Å². The quantitative estimate of drug-likeness (QED) is 0.271. The Kier molecular flexibility index (Phi) is 9.63. The van der Waals surface area contributed by atoms with Crippen molar-refractivity contribution >= 4 is 29.4 Å². The summed E-state index contributed by atoms with van der Waals surface area (Å²) in [5.41, 5.74) is -3.69. The Morgan fingerprint density at radius 1 is 1.02 bits per heavy atom. The Bertz CT molecular complexity index is 1280. The van der Waals surface area contributed by atoms with Gasteiger partial charge < -0.3 is 19.9 Å². The van der Waals surface area contributed by atoms with Crippen LogP contribution < -0.4 is 5.32 Å². The van der Waals surface area contributed by atoms with Crippen LogP contribution in [0.3, 0.4) is 0 Å². The average molecular weight is 600 g/mol. The molecule has 4 rings (SSSR count). The number of alkyl halides is 6. The molecule has 12 heteroatoms. The molecule has 0 aromatic heterocycles. The van der Waals surface area contributed by atoms with E-state index in [0.717, 1.165) is 24.3 Å². The minimum absolute atomic E-state index is 0.0419. The van der Waals surface area contributed by atoms with Gasteiger partial charge in [0.05, 0.1) is 30.0 Å². The number of hydrogen-bond donors (Lipinski definition) is 1. The number of nitrogens with one attached hydrogen (secondary N) is 1. The summed E-state index contributed by atoms with van der Waals surface area (Å²) in [6.07, 6.45) is -3.39. The van der Waals surface area contributed by atoms with Gasteiger partial charge in [0.2, 0.25) is 5.91 Å². The van der Waals surface area contributed by atoms with Crippen molar-refractivity contribution in [2.75, 3.05) is 39.1 Å². The Hall–Kier alpha value is -3.12. The molecule has 2 aromatic rings. The number of carbonyl (C=O) groups is 1. The van der Waals surface area contributed by atoms with Crippen LogP contribution in [0.1, 0.15) is 36.0 Å². The molecule has 0 bridgehead atoms. The highest BCUT2D eigenvalue weighted by molar-refractivity contribution is 7.99. The predicted octanol–water partition coefficient (Wildman–Crippen LogP) is 7.16. The fraction of sp³-hybridized carbons (Fsp3) is 0.414. The van der Waals surface area contributed by atoms with Crippen LogP contribution in [-0.2, 0) is 21.9 Å². The van der Waals surface area contributed by atoms with Crippen LogP contribution in [0, 0.1) is 0 Å². The Balaban J connectivity index is 1.62. The third kappa shape index (κ3) is 8.00. The third-order valence-corrected chi connectivity index (χ3v) is 8.10. The molecule has 222 valence electrons. The molecule has 0 radical (unpaired) electrons. The van der Waals surface area contributed by atoms with Crippen molar-refractivity contribution < 1.29 is 35.9 Å². The van der Waals surface area contributed by atoms with E-state index in [0.29, 0.717) is 61.3 Å². The second-order valence-corrected chi connectivity index (χ2v) is 11.2. The first-order chi connectivity index (χ1) is 19.3. The van der Waals surface area contributed by atoms with Crippen molar-refractivity contribution in [1.29, 1.82) is 0 Å². The van der Waals surface area contributed by atoms with Gasteiger partial charge in [-0.2, -0.15) is 26.3 Å². The first kappa shape index (κ1) is 30.8. The lowest BCUT2D eigenvalue weighted by Crippen LogP contribution is -2.43. The second kappa shape index (κ2) is 12.8.